The number of ether oxygens (including phenoxy) is 1. The number of aromatic nitrogens is 3. The van der Waals surface area contributed by atoms with Gasteiger partial charge in [-0.05, 0) is 36.8 Å². The smallest absolute Gasteiger partial charge is 0.233 e. The lowest BCUT2D eigenvalue weighted by Crippen LogP contribution is -2.43. The number of para-hydroxylation sites is 1. The highest BCUT2D eigenvalue weighted by atomic mass is 32.2. The molecule has 2 aliphatic heterocycles. The second-order valence-electron chi connectivity index (χ2n) is 8.54. The van der Waals surface area contributed by atoms with E-state index >= 15 is 0 Å². The van der Waals surface area contributed by atoms with Crippen LogP contribution in [-0.2, 0) is 9.53 Å². The number of benzene rings is 1. The van der Waals surface area contributed by atoms with Crippen LogP contribution in [0, 0.1) is 18.8 Å². The van der Waals surface area contributed by atoms with E-state index in [0.29, 0.717) is 30.8 Å². The fourth-order valence-electron chi connectivity index (χ4n) is 4.43. The lowest BCUT2D eigenvalue weighted by atomic mass is 9.92. The maximum absolute atomic E-state index is 12.9. The molecule has 1 amide bonds. The van der Waals surface area contributed by atoms with Crippen molar-refractivity contribution in [2.24, 2.45) is 11.8 Å². The number of morpholine rings is 1. The Hall–Kier alpha value is -2.06. The molecule has 1 aromatic heterocycles. The number of carbonyl (C=O) groups excluding carboxylic acids is 1. The molecule has 0 radical (unpaired) electrons. The molecule has 2 aliphatic rings. The number of nitrogens with zero attached hydrogens (tertiary/aromatic N) is 5. The van der Waals surface area contributed by atoms with Crippen LogP contribution < -0.4 is 4.90 Å². The fraction of sp³-hybridized carbons (Fsp3) is 0.591. The summed E-state index contributed by atoms with van der Waals surface area (Å²) in [6.07, 6.45) is 1.20. The summed E-state index contributed by atoms with van der Waals surface area (Å²) >= 11 is 1.48. The number of anilines is 1. The van der Waals surface area contributed by atoms with Crippen LogP contribution in [0.5, 0.6) is 0 Å². The molecule has 4 rings (SSSR count). The monoisotopic (exact) mass is 429 g/mol. The molecule has 0 N–H and O–H groups in total. The Bertz CT molecular complexity index is 870. The van der Waals surface area contributed by atoms with Crippen LogP contribution >= 0.6 is 11.8 Å². The van der Waals surface area contributed by atoms with Crippen molar-refractivity contribution in [1.29, 1.82) is 0 Å². The van der Waals surface area contributed by atoms with Gasteiger partial charge >= 0.3 is 0 Å². The van der Waals surface area contributed by atoms with Gasteiger partial charge in [-0.15, -0.1) is 10.2 Å². The molecule has 7 nitrogen and oxygen atoms in total. The van der Waals surface area contributed by atoms with Crippen LogP contribution in [0.15, 0.2) is 29.4 Å². The SMILES string of the molecule is Cc1ccccc1-n1c(SCC(=O)N2CC(C)CC(C)C2)nnc1N1CCOCC1. The van der Waals surface area contributed by atoms with E-state index in [0.717, 1.165) is 48.5 Å². The first-order valence-corrected chi connectivity index (χ1v) is 11.8. The second-order valence-corrected chi connectivity index (χ2v) is 9.48. The Balaban J connectivity index is 1.56. The molecular weight excluding hydrogens is 398 g/mol. The normalized spacial score (nSPS) is 22.4. The van der Waals surface area contributed by atoms with Gasteiger partial charge in [-0.3, -0.25) is 9.36 Å². The molecule has 3 heterocycles. The van der Waals surface area contributed by atoms with Crippen molar-refractivity contribution in [2.75, 3.05) is 50.0 Å². The van der Waals surface area contributed by atoms with Crippen LogP contribution in [0.25, 0.3) is 5.69 Å². The van der Waals surface area contributed by atoms with E-state index in [9.17, 15) is 4.79 Å². The predicted molar refractivity (Wildman–Crippen MR) is 119 cm³/mol. The summed E-state index contributed by atoms with van der Waals surface area (Å²) in [5.41, 5.74) is 2.21. The largest absolute Gasteiger partial charge is 0.378 e. The molecule has 2 fully saturated rings. The minimum atomic E-state index is 0.186. The molecule has 30 heavy (non-hydrogen) atoms. The third kappa shape index (κ3) is 4.64. The van der Waals surface area contributed by atoms with Crippen LogP contribution in [0.3, 0.4) is 0 Å². The molecule has 0 bridgehead atoms. The third-order valence-corrected chi connectivity index (χ3v) is 6.73. The Kier molecular flexibility index (Phi) is 6.63. The Morgan fingerprint density at radius 1 is 1.13 bits per heavy atom. The summed E-state index contributed by atoms with van der Waals surface area (Å²) < 4.78 is 7.60. The van der Waals surface area contributed by atoms with Gasteiger partial charge in [-0.2, -0.15) is 0 Å². The van der Waals surface area contributed by atoms with Crippen LogP contribution in [0.4, 0.5) is 5.95 Å². The highest BCUT2D eigenvalue weighted by molar-refractivity contribution is 7.99. The maximum atomic E-state index is 12.9. The van der Waals surface area contributed by atoms with Gasteiger partial charge in [0.25, 0.3) is 0 Å². The molecule has 8 heteroatoms. The van der Waals surface area contributed by atoms with E-state index in [1.807, 2.05) is 17.0 Å². The maximum Gasteiger partial charge on any atom is 0.233 e. The number of aryl methyl sites for hydroxylation is 1. The highest BCUT2D eigenvalue weighted by Gasteiger charge is 2.27. The van der Waals surface area contributed by atoms with Gasteiger partial charge in [0.2, 0.25) is 11.9 Å². The van der Waals surface area contributed by atoms with Crippen LogP contribution in [0.2, 0.25) is 0 Å². The Morgan fingerprint density at radius 2 is 1.83 bits per heavy atom. The summed E-state index contributed by atoms with van der Waals surface area (Å²) in [5, 5.41) is 9.75. The Labute approximate surface area is 182 Å². The van der Waals surface area contributed by atoms with Crippen molar-refractivity contribution < 1.29 is 9.53 Å². The van der Waals surface area contributed by atoms with Crippen LogP contribution in [0.1, 0.15) is 25.8 Å². The van der Waals surface area contributed by atoms with E-state index in [1.165, 1.54) is 18.2 Å². The van der Waals surface area contributed by atoms with E-state index in [1.54, 1.807) is 0 Å². The highest BCUT2D eigenvalue weighted by Crippen LogP contribution is 2.29. The number of carbonyl (C=O) groups is 1. The first kappa shape index (κ1) is 21.2. The fourth-order valence-corrected chi connectivity index (χ4v) is 5.28. The molecule has 2 saturated heterocycles. The zero-order valence-corrected chi connectivity index (χ0v) is 18.9. The topological polar surface area (TPSA) is 63.5 Å². The quantitative estimate of drug-likeness (QED) is 0.681. The predicted octanol–water partition coefficient (Wildman–Crippen LogP) is 3.01. The van der Waals surface area contributed by atoms with Gasteiger partial charge < -0.3 is 14.5 Å². The number of piperidine rings is 1. The molecule has 0 saturated carbocycles. The standard InChI is InChI=1S/C22H31N5O2S/c1-16-12-17(2)14-26(13-16)20(28)15-30-22-24-23-21(25-8-10-29-11-9-25)27(22)19-7-5-4-6-18(19)3/h4-7,16-17H,8-15H2,1-3H3. The van der Waals surface area contributed by atoms with E-state index < -0.39 is 0 Å². The Morgan fingerprint density at radius 3 is 2.53 bits per heavy atom. The zero-order chi connectivity index (χ0) is 21.1. The minimum absolute atomic E-state index is 0.186. The molecule has 1 aromatic carbocycles. The molecule has 0 aliphatic carbocycles. The van der Waals surface area contributed by atoms with Gasteiger partial charge in [-0.25, -0.2) is 0 Å². The van der Waals surface area contributed by atoms with Gasteiger partial charge in [0, 0.05) is 26.2 Å². The van der Waals surface area contributed by atoms with Gasteiger partial charge in [0.1, 0.15) is 0 Å². The van der Waals surface area contributed by atoms with E-state index in [4.69, 9.17) is 4.74 Å². The van der Waals surface area contributed by atoms with Crippen molar-refractivity contribution in [3.63, 3.8) is 0 Å². The zero-order valence-electron chi connectivity index (χ0n) is 18.1. The number of likely N-dealkylation sites (tertiary alicyclic amines) is 1. The molecular formula is C22H31N5O2S. The molecule has 162 valence electrons. The first-order valence-electron chi connectivity index (χ1n) is 10.8. The first-order chi connectivity index (χ1) is 14.5. The number of hydrogen-bond donors (Lipinski definition) is 0. The van der Waals surface area contributed by atoms with Crippen molar-refractivity contribution in [2.45, 2.75) is 32.3 Å². The molecule has 2 atom stereocenters. The minimum Gasteiger partial charge on any atom is -0.378 e. The number of rotatable bonds is 5. The van der Waals surface area contributed by atoms with Gasteiger partial charge in [-0.1, -0.05) is 43.8 Å². The number of thioether (sulfide) groups is 1. The summed E-state index contributed by atoms with van der Waals surface area (Å²) in [6.45, 7) is 11.2. The molecule has 0 spiro atoms. The molecule has 2 aromatic rings. The number of amides is 1. The average molecular weight is 430 g/mol. The van der Waals surface area contributed by atoms with Crippen LogP contribution in [-0.4, -0.2) is 70.7 Å². The lowest BCUT2D eigenvalue weighted by Gasteiger charge is -2.35. The lowest BCUT2D eigenvalue weighted by molar-refractivity contribution is -0.130. The second kappa shape index (κ2) is 9.39. The summed E-state index contributed by atoms with van der Waals surface area (Å²) in [4.78, 5) is 17.1. The van der Waals surface area contributed by atoms with E-state index in [2.05, 4.69) is 52.6 Å². The van der Waals surface area contributed by atoms with Gasteiger partial charge in [0.05, 0.1) is 24.7 Å². The molecule has 2 unspecified atom stereocenters. The third-order valence-electron chi connectivity index (χ3n) is 5.81. The van der Waals surface area contributed by atoms with Crippen molar-refractivity contribution >= 4 is 23.6 Å². The van der Waals surface area contributed by atoms with Crippen molar-refractivity contribution in [3.8, 4) is 5.69 Å². The number of hydrogen-bond acceptors (Lipinski definition) is 6. The van der Waals surface area contributed by atoms with Crippen molar-refractivity contribution in [3.05, 3.63) is 29.8 Å². The van der Waals surface area contributed by atoms with Gasteiger partial charge in [0.15, 0.2) is 5.16 Å². The summed E-state index contributed by atoms with van der Waals surface area (Å²) in [6, 6.07) is 8.24. The average Bonchev–Trinajstić information content (AvgIpc) is 3.16. The van der Waals surface area contributed by atoms with E-state index in [-0.39, 0.29) is 5.91 Å². The van der Waals surface area contributed by atoms with Crippen molar-refractivity contribution in [1.82, 2.24) is 19.7 Å². The summed E-state index contributed by atoms with van der Waals surface area (Å²) in [5.74, 6) is 2.51. The summed E-state index contributed by atoms with van der Waals surface area (Å²) in [7, 11) is 0.